The van der Waals surface area contributed by atoms with Gasteiger partial charge in [-0.1, -0.05) is 88.2 Å². The van der Waals surface area contributed by atoms with E-state index in [1.165, 1.54) is 16.8 Å². The van der Waals surface area contributed by atoms with E-state index in [4.69, 9.17) is 0 Å². The molecule has 0 aliphatic rings. The maximum atomic E-state index is 3.66. The molecule has 0 bridgehead atoms. The molecule has 1 nitrogen and oxygen atoms in total. The number of nitrogens with zero attached hydrogens (tertiary/aromatic N) is 1. The van der Waals surface area contributed by atoms with Gasteiger partial charge in [-0.3, -0.25) is 0 Å². The molecule has 2 aromatic carbocycles. The van der Waals surface area contributed by atoms with Crippen LogP contribution in [-0.2, 0) is 0 Å². The highest BCUT2D eigenvalue weighted by atomic mass is 79.9. The Morgan fingerprint density at radius 3 is 1.71 bits per heavy atom. The number of hydrogen-bond acceptors (Lipinski definition) is 1. The maximum absolute atomic E-state index is 3.66. The fraction of sp³-hybridized carbons (Fsp3) is 0.333. The molecule has 0 aliphatic heterocycles. The molecule has 0 aliphatic carbocycles. The zero-order valence-corrected chi connectivity index (χ0v) is 15.6. The molecule has 3 heteroatoms. The van der Waals surface area contributed by atoms with E-state index in [0.29, 0.717) is 9.65 Å². The van der Waals surface area contributed by atoms with Crippen molar-refractivity contribution in [2.75, 3.05) is 18.0 Å². The Kier molecular flexibility index (Phi) is 6.31. The molecule has 2 unspecified atom stereocenters. The van der Waals surface area contributed by atoms with Crippen LogP contribution in [0, 0.1) is 0 Å². The van der Waals surface area contributed by atoms with Crippen LogP contribution in [0.25, 0.3) is 11.1 Å². The fourth-order valence-corrected chi connectivity index (χ4v) is 3.09. The summed E-state index contributed by atoms with van der Waals surface area (Å²) in [6, 6.07) is 19.3. The molecule has 0 N–H and O–H groups in total. The summed E-state index contributed by atoms with van der Waals surface area (Å²) in [6.45, 7) is 6.37. The van der Waals surface area contributed by atoms with E-state index >= 15 is 0 Å². The van der Waals surface area contributed by atoms with Crippen LogP contribution in [-0.4, -0.2) is 22.7 Å². The third-order valence-electron chi connectivity index (χ3n) is 3.28. The fourth-order valence-electron chi connectivity index (χ4n) is 2.39. The van der Waals surface area contributed by atoms with Crippen LogP contribution >= 0.6 is 31.9 Å². The Morgan fingerprint density at radius 2 is 1.24 bits per heavy atom. The summed E-state index contributed by atoms with van der Waals surface area (Å²) < 4.78 is 0. The lowest BCUT2D eigenvalue weighted by molar-refractivity contribution is 0.771. The molecule has 0 saturated carbocycles. The quantitative estimate of drug-likeness (QED) is 0.549. The second-order valence-corrected chi connectivity index (χ2v) is 8.51. The molecule has 2 atom stereocenters. The highest BCUT2D eigenvalue weighted by molar-refractivity contribution is 9.09. The van der Waals surface area contributed by atoms with Gasteiger partial charge in [0.25, 0.3) is 0 Å². The molecular weight excluding hydrogens is 390 g/mol. The van der Waals surface area contributed by atoms with E-state index in [9.17, 15) is 0 Å². The van der Waals surface area contributed by atoms with Crippen LogP contribution in [0.2, 0.25) is 0 Å². The normalized spacial score (nSPS) is 13.7. The van der Waals surface area contributed by atoms with Crippen LogP contribution in [0.3, 0.4) is 0 Å². The van der Waals surface area contributed by atoms with Crippen LogP contribution in [0.15, 0.2) is 54.6 Å². The first-order valence-corrected chi connectivity index (χ1v) is 9.08. The SMILES string of the molecule is CC(Br)CN(CC(C)Br)c1ccc(-c2ccccc2)cc1. The summed E-state index contributed by atoms with van der Waals surface area (Å²) in [6.07, 6.45) is 0. The molecule has 2 aromatic rings. The van der Waals surface area contributed by atoms with E-state index in [-0.39, 0.29) is 0 Å². The van der Waals surface area contributed by atoms with E-state index in [1.54, 1.807) is 0 Å². The summed E-state index contributed by atoms with van der Waals surface area (Å²) in [5.41, 5.74) is 3.80. The molecule has 0 spiro atoms. The Hall–Kier alpha value is -0.800. The van der Waals surface area contributed by atoms with Gasteiger partial charge in [-0.2, -0.15) is 0 Å². The van der Waals surface area contributed by atoms with Gasteiger partial charge < -0.3 is 4.90 Å². The Labute approximate surface area is 144 Å². The zero-order chi connectivity index (χ0) is 15.2. The summed E-state index contributed by atoms with van der Waals surface area (Å²) >= 11 is 7.31. The zero-order valence-electron chi connectivity index (χ0n) is 12.5. The first-order valence-electron chi connectivity index (χ1n) is 7.25. The second-order valence-electron chi connectivity index (χ2n) is 5.38. The van der Waals surface area contributed by atoms with Gasteiger partial charge in [0.2, 0.25) is 0 Å². The molecule has 21 heavy (non-hydrogen) atoms. The van der Waals surface area contributed by atoms with Gasteiger partial charge in [-0.15, -0.1) is 0 Å². The van der Waals surface area contributed by atoms with Crippen molar-refractivity contribution in [2.24, 2.45) is 0 Å². The lowest BCUT2D eigenvalue weighted by Crippen LogP contribution is -2.33. The van der Waals surface area contributed by atoms with Crippen molar-refractivity contribution in [3.63, 3.8) is 0 Å². The minimum atomic E-state index is 0.470. The number of rotatable bonds is 6. The third kappa shape index (κ3) is 5.15. The predicted molar refractivity (Wildman–Crippen MR) is 101 cm³/mol. The van der Waals surface area contributed by atoms with Crippen molar-refractivity contribution in [1.82, 2.24) is 0 Å². The summed E-state index contributed by atoms with van der Waals surface area (Å²) in [4.78, 5) is 3.35. The van der Waals surface area contributed by atoms with Gasteiger partial charge in [0.15, 0.2) is 0 Å². The largest absolute Gasteiger partial charge is 0.369 e. The van der Waals surface area contributed by atoms with E-state index < -0.39 is 0 Å². The van der Waals surface area contributed by atoms with Crippen LogP contribution < -0.4 is 4.90 Å². The molecule has 0 amide bonds. The molecule has 0 aromatic heterocycles. The number of benzene rings is 2. The average molecular weight is 411 g/mol. The monoisotopic (exact) mass is 409 g/mol. The van der Waals surface area contributed by atoms with E-state index in [1.807, 2.05) is 6.07 Å². The van der Waals surface area contributed by atoms with Crippen molar-refractivity contribution in [3.05, 3.63) is 54.6 Å². The molecule has 0 fully saturated rings. The van der Waals surface area contributed by atoms with Crippen molar-refractivity contribution in [2.45, 2.75) is 23.5 Å². The smallest absolute Gasteiger partial charge is 0.0367 e. The van der Waals surface area contributed by atoms with Crippen molar-refractivity contribution in [3.8, 4) is 11.1 Å². The minimum Gasteiger partial charge on any atom is -0.369 e. The maximum Gasteiger partial charge on any atom is 0.0367 e. The molecule has 112 valence electrons. The molecular formula is C18H21Br2N. The summed E-state index contributed by atoms with van der Waals surface area (Å²) in [5.74, 6) is 0. The lowest BCUT2D eigenvalue weighted by atomic mass is 10.1. The van der Waals surface area contributed by atoms with E-state index in [0.717, 1.165) is 13.1 Å². The predicted octanol–water partition coefficient (Wildman–Crippen LogP) is 5.73. The van der Waals surface area contributed by atoms with Crippen LogP contribution in [0.4, 0.5) is 5.69 Å². The van der Waals surface area contributed by atoms with Crippen LogP contribution in [0.1, 0.15) is 13.8 Å². The highest BCUT2D eigenvalue weighted by Gasteiger charge is 2.12. The van der Waals surface area contributed by atoms with E-state index in [2.05, 4.69) is 99.1 Å². The Balaban J connectivity index is 2.19. The second kappa shape index (κ2) is 8.00. The number of halogens is 2. The lowest BCUT2D eigenvalue weighted by Gasteiger charge is -2.27. The summed E-state index contributed by atoms with van der Waals surface area (Å²) in [7, 11) is 0. The van der Waals surface area contributed by atoms with Gasteiger partial charge >= 0.3 is 0 Å². The third-order valence-corrected chi connectivity index (χ3v) is 3.86. The minimum absolute atomic E-state index is 0.470. The first kappa shape index (κ1) is 16.6. The summed E-state index contributed by atoms with van der Waals surface area (Å²) in [5, 5.41) is 0. The topological polar surface area (TPSA) is 3.24 Å². The van der Waals surface area contributed by atoms with Crippen molar-refractivity contribution < 1.29 is 0 Å². The molecule has 0 radical (unpaired) electrons. The number of alkyl halides is 2. The Bertz CT molecular complexity index is 525. The standard InChI is InChI=1S/C18H21Br2N/c1-14(19)12-21(13-15(2)20)18-10-8-17(9-11-18)16-6-4-3-5-7-16/h3-11,14-15H,12-13H2,1-2H3. The number of hydrogen-bond donors (Lipinski definition) is 0. The van der Waals surface area contributed by atoms with Gasteiger partial charge in [0.05, 0.1) is 0 Å². The Morgan fingerprint density at radius 1 is 0.762 bits per heavy atom. The van der Waals surface area contributed by atoms with Crippen LogP contribution in [0.5, 0.6) is 0 Å². The number of anilines is 1. The van der Waals surface area contributed by atoms with Crippen molar-refractivity contribution >= 4 is 37.5 Å². The molecule has 0 heterocycles. The van der Waals surface area contributed by atoms with Crippen molar-refractivity contribution in [1.29, 1.82) is 0 Å². The molecule has 0 saturated heterocycles. The van der Waals surface area contributed by atoms with Gasteiger partial charge in [-0.25, -0.2) is 0 Å². The molecule has 2 rings (SSSR count). The average Bonchev–Trinajstić information content (AvgIpc) is 2.47. The van der Waals surface area contributed by atoms with Gasteiger partial charge in [0.1, 0.15) is 0 Å². The highest BCUT2D eigenvalue weighted by Crippen LogP contribution is 2.24. The van der Waals surface area contributed by atoms with Gasteiger partial charge in [-0.05, 0) is 23.3 Å². The van der Waals surface area contributed by atoms with Gasteiger partial charge in [0, 0.05) is 28.4 Å². The first-order chi connectivity index (χ1) is 10.1.